The van der Waals surface area contributed by atoms with E-state index in [0.717, 1.165) is 52.2 Å². The Balaban J connectivity index is 1.59. The molecule has 0 aliphatic carbocycles. The van der Waals surface area contributed by atoms with Crippen molar-refractivity contribution in [2.45, 2.75) is 12.8 Å². The van der Waals surface area contributed by atoms with Crippen molar-refractivity contribution in [2.75, 3.05) is 63.5 Å². The zero-order chi connectivity index (χ0) is 15.5. The van der Waals surface area contributed by atoms with Crippen LogP contribution >= 0.6 is 0 Å². The first-order valence-electron chi connectivity index (χ1n) is 8.32. The minimum Gasteiger partial charge on any atom is -0.399 e. The van der Waals surface area contributed by atoms with Crippen molar-refractivity contribution < 1.29 is 4.39 Å². The third kappa shape index (κ3) is 3.70. The summed E-state index contributed by atoms with van der Waals surface area (Å²) in [4.78, 5) is 7.14. The predicted molar refractivity (Wildman–Crippen MR) is 89.7 cm³/mol. The summed E-state index contributed by atoms with van der Waals surface area (Å²) in [5, 5.41) is 0. The number of rotatable bonds is 3. The summed E-state index contributed by atoms with van der Waals surface area (Å²) in [5.74, 6) is 0.439. The molecule has 5 heteroatoms. The van der Waals surface area contributed by atoms with E-state index in [1.54, 1.807) is 6.07 Å². The number of piperidine rings is 1. The molecule has 0 bridgehead atoms. The van der Waals surface area contributed by atoms with Crippen LogP contribution in [-0.4, -0.2) is 62.7 Å². The summed E-state index contributed by atoms with van der Waals surface area (Å²) >= 11 is 0. The topological polar surface area (TPSA) is 35.7 Å². The number of nitrogens with zero attached hydrogens (tertiary/aromatic N) is 3. The first-order chi connectivity index (χ1) is 10.6. The summed E-state index contributed by atoms with van der Waals surface area (Å²) in [5.41, 5.74) is 6.85. The van der Waals surface area contributed by atoms with Crippen LogP contribution in [0.15, 0.2) is 18.2 Å². The van der Waals surface area contributed by atoms with Gasteiger partial charge in [0.1, 0.15) is 5.82 Å². The van der Waals surface area contributed by atoms with Gasteiger partial charge in [-0.05, 0) is 44.0 Å². The van der Waals surface area contributed by atoms with E-state index in [0.29, 0.717) is 17.3 Å². The summed E-state index contributed by atoms with van der Waals surface area (Å²) in [7, 11) is 2.18. The molecule has 1 aromatic rings. The Morgan fingerprint density at radius 1 is 1.18 bits per heavy atom. The average Bonchev–Trinajstić information content (AvgIpc) is 2.50. The second-order valence-electron chi connectivity index (χ2n) is 6.77. The number of piperazine rings is 1. The maximum atomic E-state index is 14.1. The number of halogens is 1. The largest absolute Gasteiger partial charge is 0.399 e. The van der Waals surface area contributed by atoms with Gasteiger partial charge in [-0.3, -0.25) is 0 Å². The number of anilines is 2. The molecule has 0 spiro atoms. The Kier molecular flexibility index (Phi) is 4.84. The van der Waals surface area contributed by atoms with E-state index in [-0.39, 0.29) is 5.82 Å². The monoisotopic (exact) mass is 306 g/mol. The fourth-order valence-electron chi connectivity index (χ4n) is 3.61. The minimum absolute atomic E-state index is 0.194. The number of hydrogen-bond acceptors (Lipinski definition) is 4. The standard InChI is InChI=1S/C17H27FN4/c1-20-7-9-21(10-8-20)12-14-3-2-6-22(13-14)17-5-4-15(19)11-16(17)18/h4-5,11,14H,2-3,6-10,12-13,19H2,1H3. The van der Waals surface area contributed by atoms with E-state index in [2.05, 4.69) is 21.7 Å². The molecule has 2 N–H and O–H groups in total. The molecule has 2 heterocycles. The fraction of sp³-hybridized carbons (Fsp3) is 0.647. The van der Waals surface area contributed by atoms with Crippen LogP contribution in [0.2, 0.25) is 0 Å². The highest BCUT2D eigenvalue weighted by atomic mass is 19.1. The van der Waals surface area contributed by atoms with Crippen molar-refractivity contribution in [2.24, 2.45) is 5.92 Å². The lowest BCUT2D eigenvalue weighted by Crippen LogP contribution is -2.48. The van der Waals surface area contributed by atoms with Crippen LogP contribution in [0.4, 0.5) is 15.8 Å². The van der Waals surface area contributed by atoms with Crippen LogP contribution in [0, 0.1) is 11.7 Å². The summed E-state index contributed by atoms with van der Waals surface area (Å²) < 4.78 is 14.1. The van der Waals surface area contributed by atoms with E-state index >= 15 is 0 Å². The maximum Gasteiger partial charge on any atom is 0.148 e. The fourth-order valence-corrected chi connectivity index (χ4v) is 3.61. The SMILES string of the molecule is CN1CCN(CC2CCCN(c3ccc(N)cc3F)C2)CC1. The molecular formula is C17H27FN4. The van der Waals surface area contributed by atoms with Crippen LogP contribution in [0.1, 0.15) is 12.8 Å². The Labute approximate surface area is 132 Å². The van der Waals surface area contributed by atoms with Gasteiger partial charge in [-0.15, -0.1) is 0 Å². The summed E-state index contributed by atoms with van der Waals surface area (Å²) in [6.07, 6.45) is 2.39. The van der Waals surface area contributed by atoms with Crippen molar-refractivity contribution >= 4 is 11.4 Å². The van der Waals surface area contributed by atoms with Crippen molar-refractivity contribution in [1.29, 1.82) is 0 Å². The van der Waals surface area contributed by atoms with Crippen molar-refractivity contribution in [1.82, 2.24) is 9.80 Å². The Morgan fingerprint density at radius 2 is 1.95 bits per heavy atom. The average molecular weight is 306 g/mol. The van der Waals surface area contributed by atoms with Gasteiger partial charge in [-0.1, -0.05) is 0 Å². The van der Waals surface area contributed by atoms with E-state index in [4.69, 9.17) is 5.73 Å². The zero-order valence-corrected chi connectivity index (χ0v) is 13.5. The summed E-state index contributed by atoms with van der Waals surface area (Å²) in [6, 6.07) is 5.05. The molecule has 0 saturated carbocycles. The maximum absolute atomic E-state index is 14.1. The molecule has 122 valence electrons. The van der Waals surface area contributed by atoms with Crippen LogP contribution in [0.5, 0.6) is 0 Å². The first-order valence-corrected chi connectivity index (χ1v) is 8.32. The van der Waals surface area contributed by atoms with Gasteiger partial charge >= 0.3 is 0 Å². The number of hydrogen-bond donors (Lipinski definition) is 1. The molecule has 0 aromatic heterocycles. The van der Waals surface area contributed by atoms with Gasteiger partial charge in [0, 0.05) is 51.5 Å². The highest BCUT2D eigenvalue weighted by Crippen LogP contribution is 2.27. The molecular weight excluding hydrogens is 279 g/mol. The lowest BCUT2D eigenvalue weighted by atomic mass is 9.96. The normalized spacial score (nSPS) is 24.6. The Hall–Kier alpha value is -1.33. The predicted octanol–water partition coefficient (Wildman–Crippen LogP) is 1.87. The van der Waals surface area contributed by atoms with Crippen molar-refractivity contribution in [3.8, 4) is 0 Å². The molecule has 0 radical (unpaired) electrons. The second-order valence-corrected chi connectivity index (χ2v) is 6.77. The van der Waals surface area contributed by atoms with Crippen LogP contribution in [0.25, 0.3) is 0 Å². The highest BCUT2D eigenvalue weighted by Gasteiger charge is 2.25. The van der Waals surface area contributed by atoms with Crippen LogP contribution in [0.3, 0.4) is 0 Å². The van der Waals surface area contributed by atoms with E-state index < -0.39 is 0 Å². The molecule has 2 aliphatic heterocycles. The van der Waals surface area contributed by atoms with Crippen LogP contribution in [-0.2, 0) is 0 Å². The summed E-state index contributed by atoms with van der Waals surface area (Å²) in [6.45, 7) is 7.66. The minimum atomic E-state index is -0.194. The number of nitrogens with two attached hydrogens (primary N) is 1. The Morgan fingerprint density at radius 3 is 2.68 bits per heavy atom. The lowest BCUT2D eigenvalue weighted by molar-refractivity contribution is 0.131. The van der Waals surface area contributed by atoms with Gasteiger partial charge in [-0.25, -0.2) is 4.39 Å². The van der Waals surface area contributed by atoms with E-state index in [1.807, 2.05) is 6.07 Å². The van der Waals surface area contributed by atoms with Gasteiger partial charge in [0.25, 0.3) is 0 Å². The molecule has 1 unspecified atom stereocenters. The molecule has 4 nitrogen and oxygen atoms in total. The molecule has 2 saturated heterocycles. The molecule has 3 rings (SSSR count). The smallest absolute Gasteiger partial charge is 0.148 e. The van der Waals surface area contributed by atoms with Crippen molar-refractivity contribution in [3.63, 3.8) is 0 Å². The van der Waals surface area contributed by atoms with Gasteiger partial charge < -0.3 is 20.4 Å². The van der Waals surface area contributed by atoms with Crippen LogP contribution < -0.4 is 10.6 Å². The van der Waals surface area contributed by atoms with E-state index in [9.17, 15) is 4.39 Å². The molecule has 22 heavy (non-hydrogen) atoms. The third-order valence-electron chi connectivity index (χ3n) is 4.94. The molecule has 2 aliphatic rings. The lowest BCUT2D eigenvalue weighted by Gasteiger charge is -2.39. The van der Waals surface area contributed by atoms with Gasteiger partial charge in [0.2, 0.25) is 0 Å². The van der Waals surface area contributed by atoms with Gasteiger partial charge in [0.15, 0.2) is 0 Å². The third-order valence-corrected chi connectivity index (χ3v) is 4.94. The second kappa shape index (κ2) is 6.84. The molecule has 1 aromatic carbocycles. The zero-order valence-electron chi connectivity index (χ0n) is 13.5. The Bertz CT molecular complexity index is 499. The number of likely N-dealkylation sites (N-methyl/N-ethyl adjacent to an activating group) is 1. The molecule has 0 amide bonds. The van der Waals surface area contributed by atoms with E-state index in [1.165, 1.54) is 12.5 Å². The molecule has 1 atom stereocenters. The highest BCUT2D eigenvalue weighted by molar-refractivity contribution is 5.54. The van der Waals surface area contributed by atoms with Crippen molar-refractivity contribution in [3.05, 3.63) is 24.0 Å². The first kappa shape index (κ1) is 15.6. The quantitative estimate of drug-likeness (QED) is 0.865. The van der Waals surface area contributed by atoms with Gasteiger partial charge in [0.05, 0.1) is 5.69 Å². The van der Waals surface area contributed by atoms with Gasteiger partial charge in [-0.2, -0.15) is 0 Å². The number of benzene rings is 1. The number of nitrogen functional groups attached to an aromatic ring is 1. The molecule has 2 fully saturated rings.